The second-order valence-corrected chi connectivity index (χ2v) is 5.53. The van der Waals surface area contributed by atoms with Crippen LogP contribution < -0.4 is 5.73 Å². The van der Waals surface area contributed by atoms with Gasteiger partial charge < -0.3 is 10.5 Å². The van der Waals surface area contributed by atoms with Crippen LogP contribution in [0.4, 0.5) is 0 Å². The van der Waals surface area contributed by atoms with Crippen LogP contribution in [0.5, 0.6) is 0 Å². The maximum Gasteiger partial charge on any atom is 0.323 e. The van der Waals surface area contributed by atoms with E-state index in [4.69, 9.17) is 33.7 Å². The van der Waals surface area contributed by atoms with Gasteiger partial charge in [-0.3, -0.25) is 4.79 Å². The van der Waals surface area contributed by atoms with Crippen LogP contribution in [0.1, 0.15) is 38.7 Å². The molecule has 2 N–H and O–H groups in total. The van der Waals surface area contributed by atoms with Crippen molar-refractivity contribution in [2.24, 2.45) is 11.7 Å². The zero-order chi connectivity index (χ0) is 15.1. The third-order valence-electron chi connectivity index (χ3n) is 3.25. The number of carbonyl (C=O) groups is 1. The van der Waals surface area contributed by atoms with Crippen LogP contribution in [-0.4, -0.2) is 17.0 Å². The standard InChI is InChI=1S/C14H20Cl2N2O2/c1-3-9(4-2)5-11(17)14(19)20-8-10-6-12(15)18-13(16)7-10/h6-7,9,11H,3-5,8,17H2,1-2H3/t11-/m0/s1. The van der Waals surface area contributed by atoms with Gasteiger partial charge in [-0.1, -0.05) is 49.9 Å². The molecule has 0 bridgehead atoms. The van der Waals surface area contributed by atoms with Crippen molar-refractivity contribution >= 4 is 29.2 Å². The molecule has 1 aromatic rings. The zero-order valence-corrected chi connectivity index (χ0v) is 13.2. The van der Waals surface area contributed by atoms with E-state index in [2.05, 4.69) is 18.8 Å². The topological polar surface area (TPSA) is 65.2 Å². The van der Waals surface area contributed by atoms with E-state index < -0.39 is 12.0 Å². The van der Waals surface area contributed by atoms with Crippen LogP contribution in [0, 0.1) is 5.92 Å². The number of halogens is 2. The number of nitrogens with two attached hydrogens (primary N) is 1. The fourth-order valence-electron chi connectivity index (χ4n) is 1.94. The number of hydrogen-bond donors (Lipinski definition) is 1. The van der Waals surface area contributed by atoms with E-state index in [9.17, 15) is 4.79 Å². The molecule has 0 aromatic carbocycles. The van der Waals surface area contributed by atoms with Crippen molar-refractivity contribution in [3.8, 4) is 0 Å². The lowest BCUT2D eigenvalue weighted by Crippen LogP contribution is -2.34. The van der Waals surface area contributed by atoms with Crippen molar-refractivity contribution in [1.82, 2.24) is 4.98 Å². The molecule has 6 heteroatoms. The Morgan fingerprint density at radius 2 is 1.85 bits per heavy atom. The third kappa shape index (κ3) is 5.65. The third-order valence-corrected chi connectivity index (χ3v) is 3.64. The maximum absolute atomic E-state index is 11.8. The lowest BCUT2D eigenvalue weighted by Gasteiger charge is -2.17. The van der Waals surface area contributed by atoms with Crippen LogP contribution in [0.2, 0.25) is 10.3 Å². The molecule has 0 aliphatic rings. The van der Waals surface area contributed by atoms with E-state index >= 15 is 0 Å². The summed E-state index contributed by atoms with van der Waals surface area (Å²) in [6.45, 7) is 4.28. The smallest absolute Gasteiger partial charge is 0.323 e. The Morgan fingerprint density at radius 1 is 1.30 bits per heavy atom. The molecule has 1 atom stereocenters. The molecular formula is C14H20Cl2N2O2. The van der Waals surface area contributed by atoms with E-state index in [1.807, 2.05) is 0 Å². The van der Waals surface area contributed by atoms with Crippen molar-refractivity contribution in [2.45, 2.75) is 45.8 Å². The van der Waals surface area contributed by atoms with Crippen LogP contribution in [0.3, 0.4) is 0 Å². The van der Waals surface area contributed by atoms with Gasteiger partial charge in [0.25, 0.3) is 0 Å². The lowest BCUT2D eigenvalue weighted by atomic mass is 9.95. The SMILES string of the molecule is CCC(CC)C[C@H](N)C(=O)OCc1cc(Cl)nc(Cl)c1. The van der Waals surface area contributed by atoms with E-state index in [0.717, 1.165) is 12.8 Å². The van der Waals surface area contributed by atoms with Crippen molar-refractivity contribution < 1.29 is 9.53 Å². The monoisotopic (exact) mass is 318 g/mol. The van der Waals surface area contributed by atoms with Gasteiger partial charge in [0.1, 0.15) is 23.0 Å². The molecule has 0 radical (unpaired) electrons. The van der Waals surface area contributed by atoms with Gasteiger partial charge in [-0.2, -0.15) is 0 Å². The number of esters is 1. The largest absolute Gasteiger partial charge is 0.460 e. The fraction of sp³-hybridized carbons (Fsp3) is 0.571. The summed E-state index contributed by atoms with van der Waals surface area (Å²) in [5.41, 5.74) is 6.55. The number of hydrogen-bond acceptors (Lipinski definition) is 4. The quantitative estimate of drug-likeness (QED) is 0.616. The summed E-state index contributed by atoms with van der Waals surface area (Å²) < 4.78 is 5.18. The highest BCUT2D eigenvalue weighted by atomic mass is 35.5. The Morgan fingerprint density at radius 3 is 2.35 bits per heavy atom. The van der Waals surface area contributed by atoms with Gasteiger partial charge in [-0.05, 0) is 30.0 Å². The second-order valence-electron chi connectivity index (χ2n) is 4.75. The highest BCUT2D eigenvalue weighted by Gasteiger charge is 2.19. The molecule has 0 saturated heterocycles. The van der Waals surface area contributed by atoms with E-state index in [0.29, 0.717) is 17.9 Å². The molecule has 0 saturated carbocycles. The van der Waals surface area contributed by atoms with Crippen LogP contribution in [-0.2, 0) is 16.1 Å². The number of pyridine rings is 1. The molecule has 20 heavy (non-hydrogen) atoms. The number of ether oxygens (including phenoxy) is 1. The number of nitrogens with zero attached hydrogens (tertiary/aromatic N) is 1. The normalized spacial score (nSPS) is 12.5. The lowest BCUT2D eigenvalue weighted by molar-refractivity contribution is -0.147. The molecule has 0 aliphatic heterocycles. The molecular weight excluding hydrogens is 299 g/mol. The van der Waals surface area contributed by atoms with Gasteiger partial charge in [-0.15, -0.1) is 0 Å². The van der Waals surface area contributed by atoms with Crippen LogP contribution >= 0.6 is 23.2 Å². The van der Waals surface area contributed by atoms with E-state index in [1.54, 1.807) is 12.1 Å². The van der Waals surface area contributed by atoms with E-state index in [-0.39, 0.29) is 16.9 Å². The first-order valence-corrected chi connectivity index (χ1v) is 7.46. The average molecular weight is 319 g/mol. The molecule has 0 spiro atoms. The minimum Gasteiger partial charge on any atom is -0.460 e. The van der Waals surface area contributed by atoms with Crippen LogP contribution in [0.15, 0.2) is 12.1 Å². The van der Waals surface area contributed by atoms with Crippen molar-refractivity contribution in [2.75, 3.05) is 0 Å². The second kappa shape index (κ2) is 8.45. The molecule has 1 heterocycles. The predicted octanol–water partition coefficient (Wildman–Crippen LogP) is 3.59. The molecule has 0 aliphatic carbocycles. The fourth-order valence-corrected chi connectivity index (χ4v) is 2.44. The first-order chi connectivity index (χ1) is 9.46. The van der Waals surface area contributed by atoms with Crippen molar-refractivity contribution in [1.29, 1.82) is 0 Å². The van der Waals surface area contributed by atoms with Gasteiger partial charge in [0, 0.05) is 0 Å². The van der Waals surface area contributed by atoms with Crippen molar-refractivity contribution in [3.63, 3.8) is 0 Å². The highest BCUT2D eigenvalue weighted by Crippen LogP contribution is 2.17. The number of carbonyl (C=O) groups excluding carboxylic acids is 1. The Kier molecular flexibility index (Phi) is 7.27. The summed E-state index contributed by atoms with van der Waals surface area (Å²) in [4.78, 5) is 15.6. The molecule has 0 amide bonds. The summed E-state index contributed by atoms with van der Waals surface area (Å²) >= 11 is 11.5. The molecule has 1 rings (SSSR count). The maximum atomic E-state index is 11.8. The molecule has 0 fully saturated rings. The van der Waals surface area contributed by atoms with Gasteiger partial charge in [0.15, 0.2) is 0 Å². The highest BCUT2D eigenvalue weighted by molar-refractivity contribution is 6.32. The van der Waals surface area contributed by atoms with Gasteiger partial charge in [-0.25, -0.2) is 4.98 Å². The van der Waals surface area contributed by atoms with Gasteiger partial charge >= 0.3 is 5.97 Å². The summed E-state index contributed by atoms with van der Waals surface area (Å²) in [5, 5.41) is 0.537. The van der Waals surface area contributed by atoms with Crippen LogP contribution in [0.25, 0.3) is 0 Å². The summed E-state index contributed by atoms with van der Waals surface area (Å²) in [6.07, 6.45) is 2.66. The Bertz CT molecular complexity index is 431. The van der Waals surface area contributed by atoms with E-state index in [1.165, 1.54) is 0 Å². The number of aromatic nitrogens is 1. The summed E-state index contributed by atoms with van der Waals surface area (Å²) in [5.74, 6) is 0.0447. The summed E-state index contributed by atoms with van der Waals surface area (Å²) in [6, 6.07) is 2.62. The summed E-state index contributed by atoms with van der Waals surface area (Å²) in [7, 11) is 0. The molecule has 4 nitrogen and oxygen atoms in total. The Balaban J connectivity index is 2.49. The van der Waals surface area contributed by atoms with Gasteiger partial charge in [0.05, 0.1) is 0 Å². The minimum absolute atomic E-state index is 0.0947. The minimum atomic E-state index is -0.590. The Labute approximate surface area is 129 Å². The molecule has 0 unspecified atom stereocenters. The molecule has 1 aromatic heterocycles. The molecule has 112 valence electrons. The van der Waals surface area contributed by atoms with Gasteiger partial charge in [0.2, 0.25) is 0 Å². The predicted molar refractivity (Wildman–Crippen MR) is 80.7 cm³/mol. The first-order valence-electron chi connectivity index (χ1n) is 6.70. The Hall–Kier alpha value is -0.840. The first kappa shape index (κ1) is 17.2. The average Bonchev–Trinajstić information content (AvgIpc) is 2.40. The number of rotatable bonds is 7. The van der Waals surface area contributed by atoms with Crippen molar-refractivity contribution in [3.05, 3.63) is 28.0 Å². The zero-order valence-electron chi connectivity index (χ0n) is 11.7.